The Labute approximate surface area is 94.5 Å². The molecule has 1 aromatic carbocycles. The third kappa shape index (κ3) is 2.09. The Hall–Kier alpha value is 0.01000. The van der Waals surface area contributed by atoms with Crippen LogP contribution in [0.4, 0.5) is 0 Å². The standard InChI is InChI=1S/C10H9BrS2/c1-12-6-9-5-7-4-8(11)2-3-10(7)13-9/h2-5H,6H2,1H3. The Kier molecular flexibility index (Phi) is 2.96. The van der Waals surface area contributed by atoms with Crippen LogP contribution in [-0.2, 0) is 5.75 Å². The summed E-state index contributed by atoms with van der Waals surface area (Å²) in [5, 5.41) is 1.35. The lowest BCUT2D eigenvalue weighted by Gasteiger charge is -1.88. The van der Waals surface area contributed by atoms with E-state index in [0.29, 0.717) is 0 Å². The van der Waals surface area contributed by atoms with Crippen molar-refractivity contribution >= 4 is 49.1 Å². The van der Waals surface area contributed by atoms with Gasteiger partial charge in [-0.05, 0) is 35.9 Å². The van der Waals surface area contributed by atoms with Crippen LogP contribution in [0.15, 0.2) is 28.7 Å². The molecule has 0 N–H and O–H groups in total. The minimum atomic E-state index is 1.12. The van der Waals surface area contributed by atoms with Crippen molar-refractivity contribution in [3.63, 3.8) is 0 Å². The molecule has 2 aromatic rings. The highest BCUT2D eigenvalue weighted by Gasteiger charge is 2.00. The van der Waals surface area contributed by atoms with Crippen molar-refractivity contribution in [1.82, 2.24) is 0 Å². The van der Waals surface area contributed by atoms with E-state index >= 15 is 0 Å². The minimum Gasteiger partial charge on any atom is -0.160 e. The maximum Gasteiger partial charge on any atom is 0.0346 e. The lowest BCUT2D eigenvalue weighted by atomic mass is 10.2. The minimum absolute atomic E-state index is 1.12. The van der Waals surface area contributed by atoms with Gasteiger partial charge in [0.05, 0.1) is 0 Å². The van der Waals surface area contributed by atoms with E-state index in [1.165, 1.54) is 15.0 Å². The Balaban J connectivity index is 2.49. The molecule has 0 nitrogen and oxygen atoms in total. The first kappa shape index (κ1) is 9.56. The highest BCUT2D eigenvalue weighted by molar-refractivity contribution is 9.10. The predicted octanol–water partition coefficient (Wildman–Crippen LogP) is 4.53. The summed E-state index contributed by atoms with van der Waals surface area (Å²) in [7, 11) is 0. The fourth-order valence-corrected chi connectivity index (χ4v) is 3.46. The number of thiophene rings is 1. The second kappa shape index (κ2) is 4.03. The Morgan fingerprint density at radius 1 is 1.38 bits per heavy atom. The van der Waals surface area contributed by atoms with Gasteiger partial charge in [-0.1, -0.05) is 15.9 Å². The van der Waals surface area contributed by atoms with Gasteiger partial charge in [0.2, 0.25) is 0 Å². The first-order valence-electron chi connectivity index (χ1n) is 3.96. The molecule has 2 rings (SSSR count). The number of fused-ring (bicyclic) bond motifs is 1. The second-order valence-corrected chi connectivity index (χ2v) is 5.78. The highest BCUT2D eigenvalue weighted by Crippen LogP contribution is 2.29. The maximum atomic E-state index is 3.48. The normalized spacial score (nSPS) is 10.9. The Morgan fingerprint density at radius 2 is 2.23 bits per heavy atom. The molecule has 68 valence electrons. The summed E-state index contributed by atoms with van der Waals surface area (Å²) in [6.45, 7) is 0. The van der Waals surface area contributed by atoms with E-state index in [4.69, 9.17) is 0 Å². The van der Waals surface area contributed by atoms with Crippen molar-refractivity contribution in [3.05, 3.63) is 33.6 Å². The molecule has 3 heteroatoms. The molecule has 0 bridgehead atoms. The highest BCUT2D eigenvalue weighted by atomic mass is 79.9. The van der Waals surface area contributed by atoms with Gasteiger partial charge < -0.3 is 0 Å². The van der Waals surface area contributed by atoms with Gasteiger partial charge in [-0.25, -0.2) is 0 Å². The molecule has 0 amide bonds. The number of hydrogen-bond donors (Lipinski definition) is 0. The van der Waals surface area contributed by atoms with E-state index in [9.17, 15) is 0 Å². The summed E-state index contributed by atoms with van der Waals surface area (Å²) in [5.74, 6) is 1.12. The van der Waals surface area contributed by atoms with E-state index in [-0.39, 0.29) is 0 Å². The maximum absolute atomic E-state index is 3.48. The number of benzene rings is 1. The van der Waals surface area contributed by atoms with Crippen LogP contribution in [-0.4, -0.2) is 6.26 Å². The molecule has 13 heavy (non-hydrogen) atoms. The van der Waals surface area contributed by atoms with E-state index < -0.39 is 0 Å². The van der Waals surface area contributed by atoms with Crippen LogP contribution in [0, 0.1) is 0 Å². The lowest BCUT2D eigenvalue weighted by molar-refractivity contribution is 1.56. The van der Waals surface area contributed by atoms with Crippen molar-refractivity contribution in [1.29, 1.82) is 0 Å². The summed E-state index contributed by atoms with van der Waals surface area (Å²) in [6.07, 6.45) is 2.14. The van der Waals surface area contributed by atoms with Crippen LogP contribution in [0.1, 0.15) is 4.88 Å². The first-order valence-corrected chi connectivity index (χ1v) is 6.97. The summed E-state index contributed by atoms with van der Waals surface area (Å²) in [6, 6.07) is 8.73. The molecule has 0 atom stereocenters. The van der Waals surface area contributed by atoms with Gasteiger partial charge in [-0.3, -0.25) is 0 Å². The van der Waals surface area contributed by atoms with Crippen molar-refractivity contribution in [2.45, 2.75) is 5.75 Å². The van der Waals surface area contributed by atoms with Crippen molar-refractivity contribution in [2.24, 2.45) is 0 Å². The second-order valence-electron chi connectivity index (χ2n) is 2.83. The van der Waals surface area contributed by atoms with Crippen LogP contribution in [0.3, 0.4) is 0 Å². The molecule has 0 saturated heterocycles. The third-order valence-corrected chi connectivity index (χ3v) is 4.21. The fraction of sp³-hybridized carbons (Fsp3) is 0.200. The Morgan fingerprint density at radius 3 is 3.00 bits per heavy atom. The monoisotopic (exact) mass is 272 g/mol. The smallest absolute Gasteiger partial charge is 0.0346 e. The molecule has 0 radical (unpaired) electrons. The zero-order valence-corrected chi connectivity index (χ0v) is 10.4. The van der Waals surface area contributed by atoms with E-state index in [2.05, 4.69) is 46.5 Å². The van der Waals surface area contributed by atoms with E-state index in [1.807, 2.05) is 23.1 Å². The van der Waals surface area contributed by atoms with E-state index in [0.717, 1.165) is 10.2 Å². The average molecular weight is 273 g/mol. The quantitative estimate of drug-likeness (QED) is 0.774. The molecular formula is C10H9BrS2. The van der Waals surface area contributed by atoms with Gasteiger partial charge in [0.15, 0.2) is 0 Å². The molecule has 0 spiro atoms. The van der Waals surface area contributed by atoms with Crippen molar-refractivity contribution in [3.8, 4) is 0 Å². The van der Waals surface area contributed by atoms with Gasteiger partial charge in [-0.2, -0.15) is 11.8 Å². The summed E-state index contributed by atoms with van der Waals surface area (Å²) < 4.78 is 2.54. The van der Waals surface area contributed by atoms with E-state index in [1.54, 1.807) is 0 Å². The van der Waals surface area contributed by atoms with Crippen LogP contribution in [0.5, 0.6) is 0 Å². The zero-order chi connectivity index (χ0) is 9.26. The van der Waals surface area contributed by atoms with Crippen LogP contribution in [0.25, 0.3) is 10.1 Å². The predicted molar refractivity (Wildman–Crippen MR) is 66.7 cm³/mol. The number of hydrogen-bond acceptors (Lipinski definition) is 2. The van der Waals surface area contributed by atoms with Crippen molar-refractivity contribution < 1.29 is 0 Å². The molecule has 0 aliphatic carbocycles. The average Bonchev–Trinajstić information content (AvgIpc) is 2.46. The third-order valence-electron chi connectivity index (χ3n) is 1.82. The SMILES string of the molecule is CSCc1cc2cc(Br)ccc2s1. The fourth-order valence-electron chi connectivity index (χ4n) is 1.28. The summed E-state index contributed by atoms with van der Waals surface area (Å²) >= 11 is 7.24. The van der Waals surface area contributed by atoms with Crippen LogP contribution >= 0.6 is 39.0 Å². The lowest BCUT2D eigenvalue weighted by Crippen LogP contribution is -1.66. The molecule has 1 aromatic heterocycles. The van der Waals surface area contributed by atoms with Gasteiger partial charge in [0, 0.05) is 19.8 Å². The molecule has 1 heterocycles. The summed E-state index contributed by atoms with van der Waals surface area (Å²) in [4.78, 5) is 1.46. The zero-order valence-electron chi connectivity index (χ0n) is 7.21. The largest absolute Gasteiger partial charge is 0.160 e. The summed E-state index contributed by atoms with van der Waals surface area (Å²) in [5.41, 5.74) is 0. The van der Waals surface area contributed by atoms with Gasteiger partial charge >= 0.3 is 0 Å². The number of halogens is 1. The number of thioether (sulfide) groups is 1. The molecule has 0 aliphatic heterocycles. The van der Waals surface area contributed by atoms with Crippen LogP contribution < -0.4 is 0 Å². The van der Waals surface area contributed by atoms with Crippen molar-refractivity contribution in [2.75, 3.05) is 6.26 Å². The molecule has 0 saturated carbocycles. The topological polar surface area (TPSA) is 0 Å². The molecule has 0 unspecified atom stereocenters. The van der Waals surface area contributed by atoms with Gasteiger partial charge in [0.1, 0.15) is 0 Å². The Bertz CT molecular complexity index is 420. The number of rotatable bonds is 2. The first-order chi connectivity index (χ1) is 6.29. The van der Waals surface area contributed by atoms with Gasteiger partial charge in [0.25, 0.3) is 0 Å². The van der Waals surface area contributed by atoms with Gasteiger partial charge in [-0.15, -0.1) is 11.3 Å². The van der Waals surface area contributed by atoms with Crippen LogP contribution in [0.2, 0.25) is 0 Å². The molecular weight excluding hydrogens is 264 g/mol. The molecule has 0 fully saturated rings. The molecule has 0 aliphatic rings.